The van der Waals surface area contributed by atoms with E-state index < -0.39 is 5.97 Å². The molecule has 0 amide bonds. The highest BCUT2D eigenvalue weighted by Gasteiger charge is 2.13. The Morgan fingerprint density at radius 2 is 2.15 bits per heavy atom. The second-order valence-electron chi connectivity index (χ2n) is 2.83. The third-order valence-corrected chi connectivity index (χ3v) is 1.79. The van der Waals surface area contributed by atoms with Crippen LogP contribution in [0.5, 0.6) is 0 Å². The highest BCUT2D eigenvalue weighted by Crippen LogP contribution is 2.12. The van der Waals surface area contributed by atoms with Gasteiger partial charge < -0.3 is 9.53 Å². The van der Waals surface area contributed by atoms with Crippen LogP contribution < -0.4 is 0 Å². The number of aldehydes is 1. The second kappa shape index (κ2) is 6.40. The molecule has 0 radical (unpaired) electrons. The summed E-state index contributed by atoms with van der Waals surface area (Å²) in [4.78, 5) is 21.5. The van der Waals surface area contributed by atoms with E-state index in [0.717, 1.165) is 12.7 Å². The Morgan fingerprint density at radius 3 is 2.54 bits per heavy atom. The fourth-order valence-electron chi connectivity index (χ4n) is 0.922. The van der Waals surface area contributed by atoms with Crippen LogP contribution >= 0.6 is 0 Å². The number of ether oxygens (including phenoxy) is 1. The second-order valence-corrected chi connectivity index (χ2v) is 2.83. The van der Waals surface area contributed by atoms with Crippen molar-refractivity contribution in [2.45, 2.75) is 26.7 Å². The first-order valence-electron chi connectivity index (χ1n) is 4.45. The van der Waals surface area contributed by atoms with E-state index in [1.165, 1.54) is 0 Å². The Morgan fingerprint density at radius 1 is 1.54 bits per heavy atom. The first kappa shape index (κ1) is 11.9. The van der Waals surface area contributed by atoms with E-state index in [-0.39, 0.29) is 5.92 Å². The largest absolute Gasteiger partial charge is 0.463 e. The van der Waals surface area contributed by atoms with Gasteiger partial charge in [-0.1, -0.05) is 13.5 Å². The maximum absolute atomic E-state index is 11.1. The Balaban J connectivity index is 3.97. The van der Waals surface area contributed by atoms with E-state index in [0.29, 0.717) is 18.6 Å². The molecule has 3 heteroatoms. The molecule has 0 spiro atoms. The standard InChI is InChI=1S/C10H16O3/c1-4-9(7-11)6-8(3)10(12)13-5-2/h7,9H,3-6H2,1-2H3/t9-/m1/s1. The Hall–Kier alpha value is -1.12. The van der Waals surface area contributed by atoms with E-state index in [4.69, 9.17) is 4.74 Å². The van der Waals surface area contributed by atoms with Crippen LogP contribution in [0.25, 0.3) is 0 Å². The van der Waals surface area contributed by atoms with Crippen LogP contribution in [0.1, 0.15) is 26.7 Å². The lowest BCUT2D eigenvalue weighted by Gasteiger charge is -2.08. The van der Waals surface area contributed by atoms with E-state index >= 15 is 0 Å². The van der Waals surface area contributed by atoms with E-state index in [9.17, 15) is 9.59 Å². The molecule has 0 fully saturated rings. The molecule has 0 aromatic carbocycles. The summed E-state index contributed by atoms with van der Waals surface area (Å²) < 4.78 is 4.74. The molecular weight excluding hydrogens is 168 g/mol. The van der Waals surface area contributed by atoms with Gasteiger partial charge in [0.1, 0.15) is 6.29 Å². The lowest BCUT2D eigenvalue weighted by Crippen LogP contribution is -2.11. The van der Waals surface area contributed by atoms with Crippen LogP contribution in [-0.4, -0.2) is 18.9 Å². The third kappa shape index (κ3) is 4.45. The number of esters is 1. The molecule has 0 unspecified atom stereocenters. The molecule has 74 valence electrons. The molecule has 0 heterocycles. The Kier molecular flexibility index (Phi) is 5.85. The molecule has 0 aliphatic carbocycles. The molecule has 13 heavy (non-hydrogen) atoms. The molecule has 0 rings (SSSR count). The quantitative estimate of drug-likeness (QED) is 0.358. The number of rotatable bonds is 6. The first-order chi connectivity index (χ1) is 6.15. The van der Waals surface area contributed by atoms with Crippen molar-refractivity contribution in [3.8, 4) is 0 Å². The third-order valence-electron chi connectivity index (χ3n) is 1.79. The van der Waals surface area contributed by atoms with Crippen molar-refractivity contribution in [2.75, 3.05) is 6.61 Å². The van der Waals surface area contributed by atoms with Crippen LogP contribution in [0.4, 0.5) is 0 Å². The van der Waals surface area contributed by atoms with Crippen LogP contribution in [0.3, 0.4) is 0 Å². The van der Waals surface area contributed by atoms with Gasteiger partial charge in [0.05, 0.1) is 6.61 Å². The van der Waals surface area contributed by atoms with Crippen LogP contribution in [0.2, 0.25) is 0 Å². The Bertz CT molecular complexity index is 196. The highest BCUT2D eigenvalue weighted by atomic mass is 16.5. The zero-order valence-electron chi connectivity index (χ0n) is 8.21. The molecule has 3 nitrogen and oxygen atoms in total. The van der Waals surface area contributed by atoms with E-state index in [1.807, 2.05) is 6.92 Å². The van der Waals surface area contributed by atoms with Crippen molar-refractivity contribution >= 4 is 12.3 Å². The van der Waals surface area contributed by atoms with Gasteiger partial charge in [0.25, 0.3) is 0 Å². The summed E-state index contributed by atoms with van der Waals surface area (Å²) in [6, 6.07) is 0. The molecule has 0 aromatic rings. The van der Waals surface area contributed by atoms with Crippen LogP contribution in [0.15, 0.2) is 12.2 Å². The minimum atomic E-state index is -0.400. The van der Waals surface area contributed by atoms with Gasteiger partial charge >= 0.3 is 5.97 Å². The molecule has 0 aliphatic rings. The minimum absolute atomic E-state index is 0.114. The smallest absolute Gasteiger partial charge is 0.333 e. The summed E-state index contributed by atoms with van der Waals surface area (Å²) in [6.07, 6.45) is 1.98. The zero-order chi connectivity index (χ0) is 10.3. The zero-order valence-corrected chi connectivity index (χ0v) is 8.21. The summed E-state index contributed by atoms with van der Waals surface area (Å²) in [5.41, 5.74) is 0.376. The summed E-state index contributed by atoms with van der Waals surface area (Å²) in [5, 5.41) is 0. The number of hydrogen-bond donors (Lipinski definition) is 0. The van der Waals surface area contributed by atoms with Crippen LogP contribution in [0, 0.1) is 5.92 Å². The van der Waals surface area contributed by atoms with Gasteiger partial charge in [0.2, 0.25) is 0 Å². The molecule has 0 N–H and O–H groups in total. The SMILES string of the molecule is C=C(C[C@H](C=O)CC)C(=O)OCC. The lowest BCUT2D eigenvalue weighted by atomic mass is 9.99. The molecule has 0 saturated carbocycles. The van der Waals surface area contributed by atoms with Gasteiger partial charge in [-0.3, -0.25) is 0 Å². The van der Waals surface area contributed by atoms with E-state index in [2.05, 4.69) is 6.58 Å². The monoisotopic (exact) mass is 184 g/mol. The average molecular weight is 184 g/mol. The van der Waals surface area contributed by atoms with E-state index in [1.54, 1.807) is 6.92 Å². The van der Waals surface area contributed by atoms with Crippen LogP contribution in [-0.2, 0) is 14.3 Å². The number of carbonyl (C=O) groups excluding carboxylic acids is 2. The highest BCUT2D eigenvalue weighted by molar-refractivity contribution is 5.88. The van der Waals surface area contributed by atoms with Gasteiger partial charge in [-0.25, -0.2) is 4.79 Å². The summed E-state index contributed by atoms with van der Waals surface area (Å²) in [6.45, 7) is 7.56. The molecule has 0 bridgehead atoms. The molecule has 1 atom stereocenters. The summed E-state index contributed by atoms with van der Waals surface area (Å²) in [5.74, 6) is -0.514. The first-order valence-corrected chi connectivity index (χ1v) is 4.45. The Labute approximate surface area is 78.8 Å². The van der Waals surface area contributed by atoms with Gasteiger partial charge in [0, 0.05) is 11.5 Å². The predicted octanol–water partition coefficient (Wildman–Crippen LogP) is 1.72. The van der Waals surface area contributed by atoms with Crippen molar-refractivity contribution in [1.29, 1.82) is 0 Å². The maximum Gasteiger partial charge on any atom is 0.333 e. The number of carbonyl (C=O) groups is 2. The van der Waals surface area contributed by atoms with Crippen molar-refractivity contribution < 1.29 is 14.3 Å². The topological polar surface area (TPSA) is 43.4 Å². The molecule has 0 aromatic heterocycles. The normalized spacial score (nSPS) is 11.8. The molecule has 0 aliphatic heterocycles. The van der Waals surface area contributed by atoms with Gasteiger partial charge in [-0.15, -0.1) is 0 Å². The fourth-order valence-corrected chi connectivity index (χ4v) is 0.922. The average Bonchev–Trinajstić information content (AvgIpc) is 2.14. The predicted molar refractivity (Wildman–Crippen MR) is 50.2 cm³/mol. The lowest BCUT2D eigenvalue weighted by molar-refractivity contribution is -0.138. The molecule has 0 saturated heterocycles. The van der Waals surface area contributed by atoms with Crippen molar-refractivity contribution in [2.24, 2.45) is 5.92 Å². The van der Waals surface area contributed by atoms with Crippen molar-refractivity contribution in [1.82, 2.24) is 0 Å². The summed E-state index contributed by atoms with van der Waals surface area (Å²) >= 11 is 0. The van der Waals surface area contributed by atoms with Crippen molar-refractivity contribution in [3.63, 3.8) is 0 Å². The maximum atomic E-state index is 11.1. The minimum Gasteiger partial charge on any atom is -0.463 e. The van der Waals surface area contributed by atoms with Gasteiger partial charge in [0.15, 0.2) is 0 Å². The van der Waals surface area contributed by atoms with Gasteiger partial charge in [-0.2, -0.15) is 0 Å². The summed E-state index contributed by atoms with van der Waals surface area (Å²) in [7, 11) is 0. The fraction of sp³-hybridized carbons (Fsp3) is 0.600. The van der Waals surface area contributed by atoms with Gasteiger partial charge in [-0.05, 0) is 19.8 Å². The molecular formula is C10H16O3. The van der Waals surface area contributed by atoms with Crippen molar-refractivity contribution in [3.05, 3.63) is 12.2 Å². The number of hydrogen-bond acceptors (Lipinski definition) is 3.